The van der Waals surface area contributed by atoms with Crippen LogP contribution >= 0.6 is 0 Å². The minimum Gasteiger partial charge on any atom is -0.379 e. The summed E-state index contributed by atoms with van der Waals surface area (Å²) in [6, 6.07) is 15.3. The third-order valence-electron chi connectivity index (χ3n) is 6.95. The standard InChI is InChI=1S/C25H37N5O2.H2NO3/c26-24(27)28-20-25(8-10-29-12-16-31-17-13-29,9-11-30-14-18-32-19-15-30)23-7-3-5-21-4-1-2-6-22(21)23;2-1(3)4/h1-7H,8-20H2,(H4,26,27,28);(H2,2,3,4)/q;+1. The molecule has 0 aromatic heterocycles. The van der Waals surface area contributed by atoms with Gasteiger partial charge in [0.05, 0.1) is 33.0 Å². The van der Waals surface area contributed by atoms with Gasteiger partial charge in [-0.2, -0.15) is 0 Å². The molecule has 0 radical (unpaired) electrons. The molecule has 11 nitrogen and oxygen atoms in total. The Kier molecular flexibility index (Phi) is 10.7. The van der Waals surface area contributed by atoms with Crippen molar-refractivity contribution in [1.82, 2.24) is 9.80 Å². The average Bonchev–Trinajstić information content (AvgIpc) is 2.89. The van der Waals surface area contributed by atoms with E-state index >= 15 is 0 Å². The molecule has 0 unspecified atom stereocenters. The van der Waals surface area contributed by atoms with Crippen LogP contribution in [0.5, 0.6) is 0 Å². The number of morpholine rings is 2. The molecule has 36 heavy (non-hydrogen) atoms. The molecule has 2 aliphatic heterocycles. The van der Waals surface area contributed by atoms with Crippen LogP contribution in [0.4, 0.5) is 0 Å². The molecule has 0 atom stereocenters. The monoisotopic (exact) mass is 503 g/mol. The minimum absolute atomic E-state index is 0.151. The zero-order valence-corrected chi connectivity index (χ0v) is 20.8. The number of benzene rings is 2. The van der Waals surface area contributed by atoms with E-state index in [0.29, 0.717) is 6.54 Å². The molecular weight excluding hydrogens is 464 g/mol. The Bertz CT molecular complexity index is 957. The van der Waals surface area contributed by atoms with Gasteiger partial charge in [-0.15, -0.1) is 0 Å². The SMILES string of the molecule is NC(N)=NCC(CCN1CCOCC1)(CCN1CCOCC1)c1cccc2ccccc12.O=[N+](O)O. The van der Waals surface area contributed by atoms with Crippen LogP contribution in [0.25, 0.3) is 10.8 Å². The Balaban J connectivity index is 0.000000840. The number of rotatable bonds is 9. The van der Waals surface area contributed by atoms with Gasteiger partial charge in [-0.3, -0.25) is 14.8 Å². The summed E-state index contributed by atoms with van der Waals surface area (Å²) in [4.78, 5) is 18.1. The fourth-order valence-corrected chi connectivity index (χ4v) is 4.96. The summed E-state index contributed by atoms with van der Waals surface area (Å²) in [7, 11) is 0. The number of hydrogen-bond acceptors (Lipinski definition) is 6. The number of fused-ring (bicyclic) bond motifs is 1. The van der Waals surface area contributed by atoms with Crippen molar-refractivity contribution in [3.05, 3.63) is 52.9 Å². The highest BCUT2D eigenvalue weighted by molar-refractivity contribution is 5.86. The molecular formula is C25H39N6O5+. The second kappa shape index (κ2) is 13.9. The van der Waals surface area contributed by atoms with Crippen LogP contribution < -0.4 is 11.5 Å². The Labute approximate surface area is 211 Å². The Morgan fingerprint density at radius 1 is 0.889 bits per heavy atom. The predicted octanol–water partition coefficient (Wildman–Crippen LogP) is 1.34. The summed E-state index contributed by atoms with van der Waals surface area (Å²) in [5.41, 5.74) is 12.9. The van der Waals surface area contributed by atoms with Crippen molar-refractivity contribution < 1.29 is 25.0 Å². The molecule has 0 spiro atoms. The second-order valence-corrected chi connectivity index (χ2v) is 9.21. The predicted molar refractivity (Wildman–Crippen MR) is 137 cm³/mol. The zero-order valence-electron chi connectivity index (χ0n) is 20.8. The smallest absolute Gasteiger partial charge is 0.379 e. The highest BCUT2D eigenvalue weighted by Gasteiger charge is 2.35. The lowest BCUT2D eigenvalue weighted by atomic mass is 9.72. The van der Waals surface area contributed by atoms with Crippen LogP contribution in [-0.4, -0.2) is 104 Å². The molecule has 4 rings (SSSR count). The summed E-state index contributed by atoms with van der Waals surface area (Å²) in [5, 5.41) is 15.1. The summed E-state index contributed by atoms with van der Waals surface area (Å²) in [6.45, 7) is 9.78. The van der Waals surface area contributed by atoms with Crippen LogP contribution in [0.1, 0.15) is 18.4 Å². The van der Waals surface area contributed by atoms with Gasteiger partial charge in [0.15, 0.2) is 5.96 Å². The number of nitrogens with zero attached hydrogens (tertiary/aromatic N) is 4. The van der Waals surface area contributed by atoms with Crippen molar-refractivity contribution in [3.8, 4) is 0 Å². The third-order valence-corrected chi connectivity index (χ3v) is 6.95. The number of nitrogens with two attached hydrogens (primary N) is 2. The number of aliphatic imine (C=N–C) groups is 1. The molecule has 0 amide bonds. The maximum Gasteiger partial charge on any atom is 0.472 e. The van der Waals surface area contributed by atoms with Gasteiger partial charge in [-0.1, -0.05) is 42.5 Å². The summed E-state index contributed by atoms with van der Waals surface area (Å²) in [6.07, 6.45) is 2.00. The summed E-state index contributed by atoms with van der Waals surface area (Å²) < 4.78 is 11.1. The molecule has 2 fully saturated rings. The Hall–Kier alpha value is -2.99. The quantitative estimate of drug-likeness (QED) is 0.226. The third kappa shape index (κ3) is 8.30. The molecule has 11 heteroatoms. The van der Waals surface area contributed by atoms with Gasteiger partial charge in [0.2, 0.25) is 0 Å². The zero-order chi connectivity index (χ0) is 25.8. The normalized spacial score (nSPS) is 17.2. The van der Waals surface area contributed by atoms with E-state index in [1.807, 2.05) is 0 Å². The van der Waals surface area contributed by atoms with Crippen LogP contribution in [0.3, 0.4) is 0 Å². The lowest BCUT2D eigenvalue weighted by Crippen LogP contribution is -2.44. The van der Waals surface area contributed by atoms with Gasteiger partial charge >= 0.3 is 5.09 Å². The number of ether oxygens (including phenoxy) is 2. The molecule has 2 saturated heterocycles. The fourth-order valence-electron chi connectivity index (χ4n) is 4.96. The van der Waals surface area contributed by atoms with Crippen molar-refractivity contribution in [2.45, 2.75) is 18.3 Å². The largest absolute Gasteiger partial charge is 0.472 e. The highest BCUT2D eigenvalue weighted by atomic mass is 16.9. The number of hydrogen-bond donors (Lipinski definition) is 4. The van der Waals surface area contributed by atoms with E-state index in [-0.39, 0.29) is 11.4 Å². The van der Waals surface area contributed by atoms with E-state index in [9.17, 15) is 0 Å². The number of guanidine groups is 1. The highest BCUT2D eigenvalue weighted by Crippen LogP contribution is 2.38. The minimum atomic E-state index is -1.25. The molecule has 6 N–H and O–H groups in total. The molecule has 2 aliphatic rings. The maximum atomic E-state index is 8.47. The Morgan fingerprint density at radius 2 is 1.39 bits per heavy atom. The second-order valence-electron chi connectivity index (χ2n) is 9.21. The van der Waals surface area contributed by atoms with Gasteiger partial charge in [0.25, 0.3) is 0 Å². The topological polar surface area (TPSA) is 150 Å². The molecule has 0 aliphatic carbocycles. The Morgan fingerprint density at radius 3 is 1.92 bits per heavy atom. The van der Waals surface area contributed by atoms with E-state index in [2.05, 4.69) is 57.3 Å². The van der Waals surface area contributed by atoms with E-state index in [0.717, 1.165) is 78.5 Å². The van der Waals surface area contributed by atoms with E-state index < -0.39 is 5.09 Å². The van der Waals surface area contributed by atoms with Crippen molar-refractivity contribution in [2.75, 3.05) is 72.2 Å². The molecule has 0 bridgehead atoms. The summed E-state index contributed by atoms with van der Waals surface area (Å²) >= 11 is 0. The molecule has 2 aromatic rings. The van der Waals surface area contributed by atoms with Gasteiger partial charge < -0.3 is 20.9 Å². The van der Waals surface area contributed by atoms with Gasteiger partial charge in [0.1, 0.15) is 4.91 Å². The van der Waals surface area contributed by atoms with Crippen molar-refractivity contribution >= 4 is 16.7 Å². The van der Waals surface area contributed by atoms with E-state index in [1.54, 1.807) is 0 Å². The van der Waals surface area contributed by atoms with Crippen LogP contribution in [0, 0.1) is 4.91 Å². The first-order valence-electron chi connectivity index (χ1n) is 12.4. The fraction of sp³-hybridized carbons (Fsp3) is 0.560. The summed E-state index contributed by atoms with van der Waals surface area (Å²) in [5.74, 6) is 0.160. The first-order chi connectivity index (χ1) is 17.4. The first-order valence-corrected chi connectivity index (χ1v) is 12.4. The molecule has 0 saturated carbocycles. The van der Waals surface area contributed by atoms with Gasteiger partial charge in [0, 0.05) is 31.6 Å². The average molecular weight is 504 g/mol. The first kappa shape index (κ1) is 27.6. The molecule has 2 heterocycles. The van der Waals surface area contributed by atoms with Crippen LogP contribution in [-0.2, 0) is 14.9 Å². The van der Waals surface area contributed by atoms with Crippen molar-refractivity contribution in [3.63, 3.8) is 0 Å². The lowest BCUT2D eigenvalue weighted by molar-refractivity contribution is -0.969. The van der Waals surface area contributed by atoms with Crippen molar-refractivity contribution in [2.24, 2.45) is 16.5 Å². The molecule has 2 aromatic carbocycles. The molecule has 198 valence electrons. The van der Waals surface area contributed by atoms with Gasteiger partial charge in [-0.05, 0) is 42.3 Å². The van der Waals surface area contributed by atoms with Crippen LogP contribution in [0.15, 0.2) is 47.5 Å². The van der Waals surface area contributed by atoms with Gasteiger partial charge in [-0.25, -0.2) is 10.4 Å². The maximum absolute atomic E-state index is 8.47. The van der Waals surface area contributed by atoms with Crippen molar-refractivity contribution in [1.29, 1.82) is 0 Å². The van der Waals surface area contributed by atoms with E-state index in [1.165, 1.54) is 16.3 Å². The van der Waals surface area contributed by atoms with E-state index in [4.69, 9.17) is 36.3 Å². The lowest BCUT2D eigenvalue weighted by Gasteiger charge is -2.39. The van der Waals surface area contributed by atoms with Crippen LogP contribution in [0.2, 0.25) is 0 Å².